The van der Waals surface area contributed by atoms with Crippen molar-refractivity contribution < 1.29 is 58.1 Å². The van der Waals surface area contributed by atoms with Crippen LogP contribution >= 0.6 is 0 Å². The second-order valence-electron chi connectivity index (χ2n) is 15.5. The molecular weight excluding hydrogens is 638 g/mol. The van der Waals surface area contributed by atoms with Gasteiger partial charge in [0.25, 0.3) is 0 Å². The van der Waals surface area contributed by atoms with Crippen LogP contribution in [0.25, 0.3) is 0 Å². The molecule has 3 fully saturated rings. The normalized spacial score (nSPS) is 48.7. The number of hydrogen-bond donors (Lipinski definition) is 4. The zero-order chi connectivity index (χ0) is 36.8. The molecule has 13 heteroatoms. The van der Waals surface area contributed by atoms with E-state index in [1.54, 1.807) is 48.6 Å². The minimum atomic E-state index is -1.63. The Hall–Kier alpha value is -1.68. The third-order valence-electron chi connectivity index (χ3n) is 11.4. The van der Waals surface area contributed by atoms with Crippen LogP contribution in [0.5, 0.6) is 0 Å². The van der Waals surface area contributed by atoms with Crippen molar-refractivity contribution in [1.29, 1.82) is 0 Å². The lowest BCUT2D eigenvalue weighted by molar-refractivity contribution is -0.315. The number of ketones is 1. The van der Waals surface area contributed by atoms with E-state index in [2.05, 4.69) is 5.32 Å². The number of esters is 1. The summed E-state index contributed by atoms with van der Waals surface area (Å²) >= 11 is 0. The Morgan fingerprint density at radius 2 is 1.65 bits per heavy atom. The van der Waals surface area contributed by atoms with Crippen molar-refractivity contribution in [3.05, 3.63) is 11.3 Å². The number of carbonyl (C=O) groups is 2. The third-order valence-corrected chi connectivity index (χ3v) is 11.4. The highest BCUT2D eigenvalue weighted by atomic mass is 16.7. The van der Waals surface area contributed by atoms with Gasteiger partial charge in [0.05, 0.1) is 41.5 Å². The summed E-state index contributed by atoms with van der Waals surface area (Å²) in [6, 6.07) is -0.326. The first-order chi connectivity index (χ1) is 22.7. The van der Waals surface area contributed by atoms with Crippen LogP contribution < -0.4 is 5.32 Å². The van der Waals surface area contributed by atoms with Gasteiger partial charge in [-0.1, -0.05) is 20.8 Å². The maximum absolute atomic E-state index is 14.1. The molecule has 2 bridgehead atoms. The Morgan fingerprint density at radius 1 is 1.00 bits per heavy atom. The van der Waals surface area contributed by atoms with Crippen LogP contribution in [0, 0.1) is 17.8 Å². The summed E-state index contributed by atoms with van der Waals surface area (Å²) in [4.78, 5) is 27.9. The monoisotopic (exact) mass is 699 g/mol. The van der Waals surface area contributed by atoms with Crippen LogP contribution in [0.4, 0.5) is 0 Å². The fraction of sp³-hybridized carbons (Fsp3) is 0.889. The maximum atomic E-state index is 14.1. The highest BCUT2D eigenvalue weighted by molar-refractivity contribution is 6.04. The van der Waals surface area contributed by atoms with E-state index in [4.69, 9.17) is 33.2 Å². The van der Waals surface area contributed by atoms with Gasteiger partial charge < -0.3 is 53.8 Å². The fourth-order valence-corrected chi connectivity index (χ4v) is 8.39. The molecule has 4 aliphatic heterocycles. The largest absolute Gasteiger partial charge is 0.479 e. The number of rotatable bonds is 7. The van der Waals surface area contributed by atoms with Gasteiger partial charge in [0.15, 0.2) is 12.6 Å². The number of carbonyl (C=O) groups excluding carboxylic acids is 2. The predicted octanol–water partition coefficient (Wildman–Crippen LogP) is 2.76. The lowest BCUT2D eigenvalue weighted by Crippen LogP contribution is -2.60. The molecule has 4 N–H and O–H groups in total. The molecule has 0 spiro atoms. The quantitative estimate of drug-likeness (QED) is 0.286. The molecule has 282 valence electrons. The van der Waals surface area contributed by atoms with Gasteiger partial charge in [0.2, 0.25) is 11.4 Å². The molecule has 0 aliphatic carbocycles. The third kappa shape index (κ3) is 7.75. The number of methoxy groups -OCH3 is 1. The topological polar surface area (TPSA) is 171 Å². The van der Waals surface area contributed by atoms with E-state index in [0.29, 0.717) is 24.2 Å². The van der Waals surface area contributed by atoms with Crippen molar-refractivity contribution in [2.75, 3.05) is 14.2 Å². The van der Waals surface area contributed by atoms with E-state index in [9.17, 15) is 24.9 Å². The molecular formula is C36H61NO12. The zero-order valence-corrected chi connectivity index (χ0v) is 31.3. The lowest BCUT2D eigenvalue weighted by atomic mass is 9.77. The molecule has 0 amide bonds. The number of nitrogens with one attached hydrogen (secondary N) is 1. The summed E-state index contributed by atoms with van der Waals surface area (Å²) in [5.41, 5.74) is -3.66. The van der Waals surface area contributed by atoms with Crippen LogP contribution in [0.3, 0.4) is 0 Å². The zero-order valence-electron chi connectivity index (χ0n) is 31.3. The maximum Gasteiger partial charge on any atom is 0.311 e. The molecule has 0 aromatic carbocycles. The molecule has 0 saturated carbocycles. The minimum absolute atomic E-state index is 0.101. The lowest BCUT2D eigenvalue weighted by Gasteiger charge is -2.48. The highest BCUT2D eigenvalue weighted by Gasteiger charge is 2.56. The molecule has 0 radical (unpaired) electrons. The van der Waals surface area contributed by atoms with Crippen molar-refractivity contribution in [2.24, 2.45) is 17.8 Å². The number of hydrogen-bond acceptors (Lipinski definition) is 13. The van der Waals surface area contributed by atoms with Gasteiger partial charge in [-0.3, -0.25) is 9.59 Å². The van der Waals surface area contributed by atoms with Crippen LogP contribution in [-0.2, 0) is 42.7 Å². The second-order valence-corrected chi connectivity index (χ2v) is 15.5. The van der Waals surface area contributed by atoms with Crippen LogP contribution in [0.15, 0.2) is 11.3 Å². The van der Waals surface area contributed by atoms with E-state index in [1.165, 1.54) is 7.11 Å². The molecule has 16 atom stereocenters. The first kappa shape index (κ1) is 40.1. The van der Waals surface area contributed by atoms with Crippen molar-refractivity contribution in [3.63, 3.8) is 0 Å². The number of fused-ring (bicyclic) bond motifs is 2. The molecule has 0 unspecified atom stereocenters. The number of Topliss-reactive ketones (excluding diaryl/α,β-unsaturated/α-hetero) is 1. The Kier molecular flexibility index (Phi) is 12.4. The Balaban J connectivity index is 1.82. The predicted molar refractivity (Wildman–Crippen MR) is 178 cm³/mol. The molecule has 4 heterocycles. The number of likely N-dealkylation sites (N-methyl/N-ethyl adjacent to an activating group) is 1. The van der Waals surface area contributed by atoms with Crippen molar-refractivity contribution in [2.45, 2.75) is 173 Å². The van der Waals surface area contributed by atoms with Gasteiger partial charge in [0.1, 0.15) is 24.1 Å². The van der Waals surface area contributed by atoms with Crippen molar-refractivity contribution in [1.82, 2.24) is 5.32 Å². The number of ether oxygens (including phenoxy) is 7. The van der Waals surface area contributed by atoms with Crippen molar-refractivity contribution >= 4 is 11.8 Å². The van der Waals surface area contributed by atoms with Crippen LogP contribution in [0.2, 0.25) is 0 Å². The smallest absolute Gasteiger partial charge is 0.311 e. The Labute approximate surface area is 291 Å². The Bertz CT molecular complexity index is 1230. The summed E-state index contributed by atoms with van der Waals surface area (Å²) < 4.78 is 43.7. The standard InChI is InChI=1S/C36H61NO12/c1-13-24-36(10)29(39)19(4)27(49-36)17(2)15-34(8,42)31(48-33-26(38)23(37-11)14-18(3)44-33)20(5)28(21(6)32(41)46-24)47-25-16-35(9,43-12)30(40)22(7)45-25/h17-18,20-26,28,30-31,33,37-38,40,42H,13-16H2,1-12H3/t17-,18+,20-,21-,22+,23-,24-,25-,26-,28-,30-,31-,33-,34+,35-,36+/m0/s1. The molecule has 13 nitrogen and oxygen atoms in total. The van der Waals surface area contributed by atoms with E-state index in [0.717, 1.165) is 0 Å². The summed E-state index contributed by atoms with van der Waals surface area (Å²) in [6.07, 6.45) is -6.78. The van der Waals surface area contributed by atoms with Gasteiger partial charge in [-0.15, -0.1) is 0 Å². The summed E-state index contributed by atoms with van der Waals surface area (Å²) in [5.74, 6) is -2.62. The first-order valence-electron chi connectivity index (χ1n) is 17.8. The van der Waals surface area contributed by atoms with Gasteiger partial charge in [0, 0.05) is 37.0 Å². The average Bonchev–Trinajstić information content (AvgIpc) is 3.28. The van der Waals surface area contributed by atoms with E-state index >= 15 is 0 Å². The highest BCUT2D eigenvalue weighted by Crippen LogP contribution is 2.44. The Morgan fingerprint density at radius 3 is 2.24 bits per heavy atom. The number of aliphatic hydroxyl groups excluding tert-OH is 2. The van der Waals surface area contributed by atoms with Crippen LogP contribution in [0.1, 0.15) is 94.9 Å². The minimum Gasteiger partial charge on any atom is -0.479 e. The summed E-state index contributed by atoms with van der Waals surface area (Å²) in [7, 11) is 3.27. The second kappa shape index (κ2) is 15.1. The number of cyclic esters (lactones) is 1. The molecule has 4 aliphatic rings. The summed E-state index contributed by atoms with van der Waals surface area (Å²) in [6.45, 7) is 17.5. The van der Waals surface area contributed by atoms with Gasteiger partial charge in [-0.05, 0) is 74.8 Å². The number of aliphatic hydroxyl groups is 3. The van der Waals surface area contributed by atoms with E-state index in [1.807, 2.05) is 27.7 Å². The van der Waals surface area contributed by atoms with Crippen LogP contribution in [-0.4, -0.2) is 119 Å². The van der Waals surface area contributed by atoms with Gasteiger partial charge in [-0.2, -0.15) is 0 Å². The molecule has 0 aromatic heterocycles. The van der Waals surface area contributed by atoms with E-state index in [-0.39, 0.29) is 30.8 Å². The number of allylic oxidation sites excluding steroid dienone is 1. The fourth-order valence-electron chi connectivity index (χ4n) is 8.39. The summed E-state index contributed by atoms with van der Waals surface area (Å²) in [5, 5.41) is 37.7. The van der Waals surface area contributed by atoms with E-state index < -0.39 is 89.7 Å². The van der Waals surface area contributed by atoms with Gasteiger partial charge in [-0.25, -0.2) is 0 Å². The molecule has 0 aromatic rings. The molecule has 49 heavy (non-hydrogen) atoms. The average molecular weight is 700 g/mol. The molecule has 4 rings (SSSR count). The SMILES string of the molecule is CC[C@@H]1OC(=O)[C@@H](C)[C@@H](O[C@H]2C[C@](C)(OC)[C@@H](O)[C@@H](C)O2)[C@H](C)[C@H](O[C@@H]2O[C@H](C)C[C@H](NC)[C@@H]2O)[C@](C)(O)C[C@H](C)C2=C(C)C(=O)[C@]1(C)O2. The molecule has 3 saturated heterocycles. The van der Waals surface area contributed by atoms with Gasteiger partial charge >= 0.3 is 5.97 Å². The first-order valence-corrected chi connectivity index (χ1v) is 17.8. The van der Waals surface area contributed by atoms with Crippen molar-refractivity contribution in [3.8, 4) is 0 Å².